The van der Waals surface area contributed by atoms with Gasteiger partial charge in [0, 0.05) is 6.42 Å². The number of allylic oxidation sites excluding steroid dienone is 1. The molecule has 0 saturated heterocycles. The molecule has 0 aromatic carbocycles. The SMILES string of the molecule is C=CCC(O)=CCOC(=O)OC. The maximum Gasteiger partial charge on any atom is 0.508 e. The molecule has 0 heterocycles. The molecule has 0 bridgehead atoms. The molecule has 0 atom stereocenters. The first-order valence-corrected chi connectivity index (χ1v) is 3.40. The van der Waals surface area contributed by atoms with Crippen molar-refractivity contribution >= 4 is 6.16 Å². The quantitative estimate of drug-likeness (QED) is 0.399. The maximum atomic E-state index is 10.4. The van der Waals surface area contributed by atoms with Crippen molar-refractivity contribution in [2.24, 2.45) is 0 Å². The molecule has 1 N–H and O–H groups in total. The molecular weight excluding hydrogens is 160 g/mol. The summed E-state index contributed by atoms with van der Waals surface area (Å²) in [5.41, 5.74) is 0. The van der Waals surface area contributed by atoms with E-state index in [0.29, 0.717) is 6.42 Å². The fourth-order valence-electron chi connectivity index (χ4n) is 0.496. The topological polar surface area (TPSA) is 55.8 Å². The van der Waals surface area contributed by atoms with E-state index >= 15 is 0 Å². The Balaban J connectivity index is 3.58. The second-order valence-corrected chi connectivity index (χ2v) is 1.95. The predicted octanol–water partition coefficient (Wildman–Crippen LogP) is 1.79. The third-order valence-electron chi connectivity index (χ3n) is 1.04. The van der Waals surface area contributed by atoms with Gasteiger partial charge >= 0.3 is 6.16 Å². The molecule has 4 heteroatoms. The third-order valence-corrected chi connectivity index (χ3v) is 1.04. The van der Waals surface area contributed by atoms with Crippen LogP contribution in [0.3, 0.4) is 0 Å². The van der Waals surface area contributed by atoms with E-state index in [1.807, 2.05) is 0 Å². The summed E-state index contributed by atoms with van der Waals surface area (Å²) in [5, 5.41) is 8.99. The Morgan fingerprint density at radius 3 is 2.83 bits per heavy atom. The first-order valence-electron chi connectivity index (χ1n) is 3.40. The van der Waals surface area contributed by atoms with Gasteiger partial charge in [0.15, 0.2) is 0 Å². The molecule has 0 rings (SSSR count). The average Bonchev–Trinajstić information content (AvgIpc) is 2.04. The van der Waals surface area contributed by atoms with Crippen molar-refractivity contribution in [2.45, 2.75) is 6.42 Å². The first kappa shape index (κ1) is 10.6. The minimum atomic E-state index is -0.766. The highest BCUT2D eigenvalue weighted by atomic mass is 16.7. The molecular formula is C8H12O4. The van der Waals surface area contributed by atoms with E-state index in [1.165, 1.54) is 13.2 Å². The van der Waals surface area contributed by atoms with Crippen LogP contribution in [0.5, 0.6) is 0 Å². The van der Waals surface area contributed by atoms with Crippen molar-refractivity contribution in [1.82, 2.24) is 0 Å². The minimum Gasteiger partial charge on any atom is -0.512 e. The molecule has 0 amide bonds. The van der Waals surface area contributed by atoms with Gasteiger partial charge in [0.05, 0.1) is 12.9 Å². The molecule has 4 nitrogen and oxygen atoms in total. The number of rotatable bonds is 4. The molecule has 0 aliphatic carbocycles. The average molecular weight is 172 g/mol. The Bertz CT molecular complexity index is 183. The van der Waals surface area contributed by atoms with E-state index in [2.05, 4.69) is 16.1 Å². The van der Waals surface area contributed by atoms with Gasteiger partial charge in [-0.05, 0) is 6.08 Å². The smallest absolute Gasteiger partial charge is 0.508 e. The highest BCUT2D eigenvalue weighted by molar-refractivity contribution is 5.59. The zero-order chi connectivity index (χ0) is 9.40. The van der Waals surface area contributed by atoms with Gasteiger partial charge in [-0.2, -0.15) is 0 Å². The van der Waals surface area contributed by atoms with Crippen LogP contribution in [0.1, 0.15) is 6.42 Å². The van der Waals surface area contributed by atoms with E-state index in [4.69, 9.17) is 5.11 Å². The number of hydrogen-bond acceptors (Lipinski definition) is 4. The van der Waals surface area contributed by atoms with Gasteiger partial charge in [-0.25, -0.2) is 4.79 Å². The van der Waals surface area contributed by atoms with Crippen LogP contribution in [0, 0.1) is 0 Å². The summed E-state index contributed by atoms with van der Waals surface area (Å²) in [6.07, 6.45) is 2.52. The summed E-state index contributed by atoms with van der Waals surface area (Å²) in [4.78, 5) is 10.4. The van der Waals surface area contributed by atoms with Crippen LogP contribution >= 0.6 is 0 Å². The lowest BCUT2D eigenvalue weighted by Gasteiger charge is -1.98. The number of carbonyl (C=O) groups is 1. The fraction of sp³-hybridized carbons (Fsp3) is 0.375. The van der Waals surface area contributed by atoms with Crippen LogP contribution in [0.15, 0.2) is 24.5 Å². The van der Waals surface area contributed by atoms with Crippen molar-refractivity contribution in [2.75, 3.05) is 13.7 Å². The number of aliphatic hydroxyl groups is 1. The zero-order valence-corrected chi connectivity index (χ0v) is 6.95. The Kier molecular flexibility index (Phi) is 5.51. The van der Waals surface area contributed by atoms with Crippen molar-refractivity contribution in [1.29, 1.82) is 0 Å². The van der Waals surface area contributed by atoms with Crippen molar-refractivity contribution in [3.05, 3.63) is 24.5 Å². The molecule has 0 saturated carbocycles. The lowest BCUT2D eigenvalue weighted by molar-refractivity contribution is 0.0812. The van der Waals surface area contributed by atoms with E-state index in [0.717, 1.165) is 0 Å². The molecule has 0 spiro atoms. The Labute approximate surface area is 71.1 Å². The largest absolute Gasteiger partial charge is 0.512 e. The van der Waals surface area contributed by atoms with Gasteiger partial charge in [0.1, 0.15) is 6.61 Å². The van der Waals surface area contributed by atoms with Crippen LogP contribution in [-0.4, -0.2) is 25.0 Å². The molecule has 68 valence electrons. The number of ether oxygens (including phenoxy) is 2. The molecule has 0 aromatic rings. The van der Waals surface area contributed by atoms with E-state index in [1.54, 1.807) is 6.08 Å². The van der Waals surface area contributed by atoms with Crippen molar-refractivity contribution in [3.63, 3.8) is 0 Å². The third kappa shape index (κ3) is 5.34. The van der Waals surface area contributed by atoms with E-state index < -0.39 is 6.16 Å². The van der Waals surface area contributed by atoms with Gasteiger partial charge in [0.2, 0.25) is 0 Å². The van der Waals surface area contributed by atoms with Gasteiger partial charge < -0.3 is 14.6 Å². The number of hydrogen-bond donors (Lipinski definition) is 1. The standard InChI is InChI=1S/C8H12O4/c1-3-4-7(9)5-6-12-8(10)11-2/h3,5,9H,1,4,6H2,2H3. The summed E-state index contributed by atoms with van der Waals surface area (Å²) in [5.74, 6) is 0.119. The molecule has 0 fully saturated rings. The summed E-state index contributed by atoms with van der Waals surface area (Å²) in [6, 6.07) is 0. The lowest BCUT2D eigenvalue weighted by atomic mass is 10.3. The molecule has 0 aliphatic rings. The fourth-order valence-corrected chi connectivity index (χ4v) is 0.496. The molecule has 12 heavy (non-hydrogen) atoms. The van der Waals surface area contributed by atoms with Crippen LogP contribution in [0.2, 0.25) is 0 Å². The Hall–Kier alpha value is -1.45. The summed E-state index contributed by atoms with van der Waals surface area (Å²) < 4.78 is 8.68. The predicted molar refractivity (Wildman–Crippen MR) is 43.9 cm³/mol. The highest BCUT2D eigenvalue weighted by Gasteiger charge is 1.97. The number of aliphatic hydroxyl groups excluding tert-OH is 1. The molecule has 0 unspecified atom stereocenters. The Morgan fingerprint density at radius 2 is 2.33 bits per heavy atom. The highest BCUT2D eigenvalue weighted by Crippen LogP contribution is 1.96. The number of methoxy groups -OCH3 is 1. The van der Waals surface area contributed by atoms with Gasteiger partial charge in [-0.1, -0.05) is 6.08 Å². The van der Waals surface area contributed by atoms with Gasteiger partial charge in [-0.3, -0.25) is 0 Å². The van der Waals surface area contributed by atoms with Crippen molar-refractivity contribution < 1.29 is 19.4 Å². The summed E-state index contributed by atoms with van der Waals surface area (Å²) in [6.45, 7) is 3.43. The second-order valence-electron chi connectivity index (χ2n) is 1.95. The minimum absolute atomic E-state index is 0.00630. The second kappa shape index (κ2) is 6.27. The van der Waals surface area contributed by atoms with Crippen LogP contribution < -0.4 is 0 Å². The van der Waals surface area contributed by atoms with E-state index in [-0.39, 0.29) is 12.4 Å². The van der Waals surface area contributed by atoms with Crippen LogP contribution in [-0.2, 0) is 9.47 Å². The first-order chi connectivity index (χ1) is 5.70. The Morgan fingerprint density at radius 1 is 1.67 bits per heavy atom. The van der Waals surface area contributed by atoms with Gasteiger partial charge in [0.25, 0.3) is 0 Å². The zero-order valence-electron chi connectivity index (χ0n) is 6.95. The van der Waals surface area contributed by atoms with Crippen molar-refractivity contribution in [3.8, 4) is 0 Å². The molecule has 0 aromatic heterocycles. The lowest BCUT2D eigenvalue weighted by Crippen LogP contribution is -2.04. The summed E-state index contributed by atoms with van der Waals surface area (Å²) >= 11 is 0. The van der Waals surface area contributed by atoms with Crippen LogP contribution in [0.4, 0.5) is 4.79 Å². The van der Waals surface area contributed by atoms with Crippen LogP contribution in [0.25, 0.3) is 0 Å². The maximum absolute atomic E-state index is 10.4. The number of carbonyl (C=O) groups excluding carboxylic acids is 1. The molecule has 0 aliphatic heterocycles. The molecule has 0 radical (unpaired) electrons. The van der Waals surface area contributed by atoms with Gasteiger partial charge in [-0.15, -0.1) is 6.58 Å². The normalized spacial score (nSPS) is 10.6. The summed E-state index contributed by atoms with van der Waals surface area (Å²) in [7, 11) is 1.22. The van der Waals surface area contributed by atoms with E-state index in [9.17, 15) is 4.79 Å². The monoisotopic (exact) mass is 172 g/mol.